The topological polar surface area (TPSA) is 47.6 Å². The third-order valence-electron chi connectivity index (χ3n) is 3.51. The zero-order valence-corrected chi connectivity index (χ0v) is 14.9. The highest BCUT2D eigenvalue weighted by Gasteiger charge is 2.15. The number of hydrogen-bond donors (Lipinski definition) is 1. The average molecular weight is 348 g/mol. The second-order valence-corrected chi connectivity index (χ2v) is 5.96. The molecule has 0 fully saturated rings. The number of amides is 1. The lowest BCUT2D eigenvalue weighted by atomic mass is 10.1. The smallest absolute Gasteiger partial charge is 0.260 e. The van der Waals surface area contributed by atoms with Crippen LogP contribution < -0.4 is 14.8 Å². The van der Waals surface area contributed by atoms with Gasteiger partial charge >= 0.3 is 0 Å². The van der Waals surface area contributed by atoms with Gasteiger partial charge in [0.25, 0.3) is 5.91 Å². The predicted molar refractivity (Wildman–Crippen MR) is 96.0 cm³/mol. The molecule has 0 aliphatic heterocycles. The Hall–Kier alpha value is -2.20. The summed E-state index contributed by atoms with van der Waals surface area (Å²) >= 11 is 6.14. The number of para-hydroxylation sites is 1. The summed E-state index contributed by atoms with van der Waals surface area (Å²) in [5.74, 6) is 1.23. The standard InChI is InChI=1S/C19H22ClNO3/c1-13-11-17(12-14(2)18(13)20)24-15(3)19(22)21-9-10-23-16-7-5-4-6-8-16/h4-8,11-12,15H,9-10H2,1-3H3,(H,21,22). The first-order chi connectivity index (χ1) is 11.5. The molecule has 5 heteroatoms. The Labute approximate surface area is 147 Å². The maximum absolute atomic E-state index is 12.1. The van der Waals surface area contributed by atoms with Gasteiger partial charge < -0.3 is 14.8 Å². The van der Waals surface area contributed by atoms with E-state index in [2.05, 4.69) is 5.32 Å². The summed E-state index contributed by atoms with van der Waals surface area (Å²) in [4.78, 5) is 12.1. The zero-order chi connectivity index (χ0) is 17.5. The number of nitrogens with one attached hydrogen (secondary N) is 1. The summed E-state index contributed by atoms with van der Waals surface area (Å²) in [7, 11) is 0. The molecular formula is C19H22ClNO3. The van der Waals surface area contributed by atoms with Crippen molar-refractivity contribution in [3.8, 4) is 11.5 Å². The van der Waals surface area contributed by atoms with Gasteiger partial charge in [0.05, 0.1) is 6.54 Å². The van der Waals surface area contributed by atoms with Crippen LogP contribution in [0.2, 0.25) is 5.02 Å². The third-order valence-corrected chi connectivity index (χ3v) is 4.10. The predicted octanol–water partition coefficient (Wildman–Crippen LogP) is 3.92. The van der Waals surface area contributed by atoms with Gasteiger partial charge in [0.1, 0.15) is 18.1 Å². The number of carbonyl (C=O) groups is 1. The number of aryl methyl sites for hydroxylation is 2. The molecule has 4 nitrogen and oxygen atoms in total. The van der Waals surface area contributed by atoms with Crippen LogP contribution in [0.3, 0.4) is 0 Å². The number of carbonyl (C=O) groups excluding carboxylic acids is 1. The number of benzene rings is 2. The molecule has 0 bridgehead atoms. The summed E-state index contributed by atoms with van der Waals surface area (Å²) in [6.45, 7) is 6.36. The van der Waals surface area contributed by atoms with Crippen LogP contribution in [0.25, 0.3) is 0 Å². The molecular weight excluding hydrogens is 326 g/mol. The van der Waals surface area contributed by atoms with E-state index in [4.69, 9.17) is 21.1 Å². The van der Waals surface area contributed by atoms with Crippen LogP contribution in [0.15, 0.2) is 42.5 Å². The molecule has 1 atom stereocenters. The van der Waals surface area contributed by atoms with Gasteiger partial charge in [-0.15, -0.1) is 0 Å². The summed E-state index contributed by atoms with van der Waals surface area (Å²) < 4.78 is 11.2. The Morgan fingerprint density at radius 2 is 1.75 bits per heavy atom. The molecule has 0 heterocycles. The molecule has 128 valence electrons. The van der Waals surface area contributed by atoms with Crippen molar-refractivity contribution in [3.63, 3.8) is 0 Å². The van der Waals surface area contributed by atoms with Gasteiger partial charge in [0, 0.05) is 5.02 Å². The minimum Gasteiger partial charge on any atom is -0.492 e. The largest absolute Gasteiger partial charge is 0.492 e. The van der Waals surface area contributed by atoms with Gasteiger partial charge in [0.15, 0.2) is 6.10 Å². The Morgan fingerprint density at radius 1 is 1.12 bits per heavy atom. The molecule has 1 unspecified atom stereocenters. The van der Waals surface area contributed by atoms with E-state index in [0.717, 1.165) is 21.9 Å². The highest BCUT2D eigenvalue weighted by molar-refractivity contribution is 6.32. The molecule has 2 rings (SSSR count). The van der Waals surface area contributed by atoms with Crippen molar-refractivity contribution in [2.75, 3.05) is 13.2 Å². The molecule has 0 radical (unpaired) electrons. The molecule has 0 aliphatic rings. The fraction of sp³-hybridized carbons (Fsp3) is 0.316. The Balaban J connectivity index is 1.78. The highest BCUT2D eigenvalue weighted by Crippen LogP contribution is 2.26. The molecule has 1 N–H and O–H groups in total. The van der Waals surface area contributed by atoms with Crippen molar-refractivity contribution in [3.05, 3.63) is 58.6 Å². The quantitative estimate of drug-likeness (QED) is 0.772. The molecule has 0 saturated heterocycles. The number of halogens is 1. The van der Waals surface area contributed by atoms with Crippen LogP contribution >= 0.6 is 11.6 Å². The van der Waals surface area contributed by atoms with Crippen LogP contribution in [0.4, 0.5) is 0 Å². The van der Waals surface area contributed by atoms with E-state index in [1.807, 2.05) is 56.3 Å². The number of hydrogen-bond acceptors (Lipinski definition) is 3. The van der Waals surface area contributed by atoms with Crippen LogP contribution in [-0.4, -0.2) is 25.2 Å². The minimum absolute atomic E-state index is 0.183. The minimum atomic E-state index is -0.596. The van der Waals surface area contributed by atoms with E-state index in [1.54, 1.807) is 6.92 Å². The fourth-order valence-corrected chi connectivity index (χ4v) is 2.34. The summed E-state index contributed by atoms with van der Waals surface area (Å²) in [6.07, 6.45) is -0.596. The van der Waals surface area contributed by atoms with Crippen molar-refractivity contribution in [2.45, 2.75) is 26.9 Å². The van der Waals surface area contributed by atoms with Crippen molar-refractivity contribution in [1.82, 2.24) is 5.32 Å². The first-order valence-corrected chi connectivity index (χ1v) is 8.24. The Bertz CT molecular complexity index is 665. The molecule has 2 aromatic carbocycles. The third kappa shape index (κ3) is 5.17. The zero-order valence-electron chi connectivity index (χ0n) is 14.1. The number of ether oxygens (including phenoxy) is 2. The van der Waals surface area contributed by atoms with Crippen molar-refractivity contribution in [1.29, 1.82) is 0 Å². The number of rotatable bonds is 7. The van der Waals surface area contributed by atoms with Gasteiger partial charge in [0.2, 0.25) is 0 Å². The second kappa shape index (κ2) is 8.60. The second-order valence-electron chi connectivity index (χ2n) is 5.58. The van der Waals surface area contributed by atoms with E-state index in [9.17, 15) is 4.79 Å². The maximum Gasteiger partial charge on any atom is 0.260 e. The molecule has 1 amide bonds. The normalized spacial score (nSPS) is 11.7. The van der Waals surface area contributed by atoms with Crippen molar-refractivity contribution in [2.24, 2.45) is 0 Å². The van der Waals surface area contributed by atoms with Crippen molar-refractivity contribution < 1.29 is 14.3 Å². The lowest BCUT2D eigenvalue weighted by Crippen LogP contribution is -2.38. The molecule has 2 aromatic rings. The lowest BCUT2D eigenvalue weighted by Gasteiger charge is -2.16. The molecule has 0 spiro atoms. The van der Waals surface area contributed by atoms with Crippen LogP contribution in [0.1, 0.15) is 18.1 Å². The van der Waals surface area contributed by atoms with E-state index in [0.29, 0.717) is 18.9 Å². The van der Waals surface area contributed by atoms with Gasteiger partial charge in [-0.25, -0.2) is 0 Å². The van der Waals surface area contributed by atoms with Crippen LogP contribution in [0.5, 0.6) is 11.5 Å². The van der Waals surface area contributed by atoms with E-state index >= 15 is 0 Å². The fourth-order valence-electron chi connectivity index (χ4n) is 2.24. The first kappa shape index (κ1) is 18.1. The van der Waals surface area contributed by atoms with E-state index in [1.165, 1.54) is 0 Å². The lowest BCUT2D eigenvalue weighted by molar-refractivity contribution is -0.127. The molecule has 0 aromatic heterocycles. The monoisotopic (exact) mass is 347 g/mol. The van der Waals surface area contributed by atoms with Gasteiger partial charge in [-0.2, -0.15) is 0 Å². The van der Waals surface area contributed by atoms with Crippen LogP contribution in [-0.2, 0) is 4.79 Å². The van der Waals surface area contributed by atoms with E-state index in [-0.39, 0.29) is 5.91 Å². The summed E-state index contributed by atoms with van der Waals surface area (Å²) in [5.41, 5.74) is 1.85. The molecule has 24 heavy (non-hydrogen) atoms. The maximum atomic E-state index is 12.1. The van der Waals surface area contributed by atoms with Gasteiger partial charge in [-0.3, -0.25) is 4.79 Å². The van der Waals surface area contributed by atoms with Gasteiger partial charge in [-0.05, 0) is 56.2 Å². The summed E-state index contributed by atoms with van der Waals surface area (Å²) in [6, 6.07) is 13.1. The average Bonchev–Trinajstić information content (AvgIpc) is 2.57. The van der Waals surface area contributed by atoms with Gasteiger partial charge in [-0.1, -0.05) is 29.8 Å². The van der Waals surface area contributed by atoms with E-state index < -0.39 is 6.10 Å². The highest BCUT2D eigenvalue weighted by atomic mass is 35.5. The first-order valence-electron chi connectivity index (χ1n) is 7.86. The Kier molecular flexibility index (Phi) is 6.50. The van der Waals surface area contributed by atoms with Crippen LogP contribution in [0, 0.1) is 13.8 Å². The molecule has 0 aliphatic carbocycles. The molecule has 0 saturated carbocycles. The summed E-state index contributed by atoms with van der Waals surface area (Å²) in [5, 5.41) is 3.52. The SMILES string of the molecule is Cc1cc(OC(C)C(=O)NCCOc2ccccc2)cc(C)c1Cl. The Morgan fingerprint density at radius 3 is 2.38 bits per heavy atom. The van der Waals surface area contributed by atoms with Crippen molar-refractivity contribution >= 4 is 17.5 Å².